The molecule has 1 saturated heterocycles. The molecule has 6 nitrogen and oxygen atoms in total. The number of aliphatic imine (C=N–C) groups is 1. The van der Waals surface area contributed by atoms with Gasteiger partial charge in [0.05, 0.1) is 0 Å². The van der Waals surface area contributed by atoms with Crippen molar-refractivity contribution in [3.05, 3.63) is 35.9 Å². The van der Waals surface area contributed by atoms with E-state index in [0.29, 0.717) is 17.8 Å². The monoisotopic (exact) mass is 396 g/mol. The fourth-order valence-electron chi connectivity index (χ4n) is 5.84. The van der Waals surface area contributed by atoms with Gasteiger partial charge in [0.15, 0.2) is 5.54 Å². The maximum Gasteiger partial charge on any atom is 0.249 e. The van der Waals surface area contributed by atoms with E-state index in [0.717, 1.165) is 25.9 Å². The number of nitrogens with one attached hydrogen (secondary N) is 1. The van der Waals surface area contributed by atoms with Gasteiger partial charge in [-0.1, -0.05) is 44.2 Å². The molecule has 5 atom stereocenters. The van der Waals surface area contributed by atoms with Crippen molar-refractivity contribution in [2.75, 3.05) is 19.6 Å². The van der Waals surface area contributed by atoms with Gasteiger partial charge in [0, 0.05) is 44.2 Å². The minimum absolute atomic E-state index is 0.0348. The Kier molecular flexibility index (Phi) is 5.47. The van der Waals surface area contributed by atoms with Gasteiger partial charge in [-0.15, -0.1) is 0 Å². The van der Waals surface area contributed by atoms with Crippen LogP contribution in [0.25, 0.3) is 0 Å². The average Bonchev–Trinajstić information content (AvgIpc) is 2.93. The maximum absolute atomic E-state index is 13.4. The molecule has 1 aromatic carbocycles. The summed E-state index contributed by atoms with van der Waals surface area (Å²) in [5.74, 6) is 1.13. The molecule has 0 spiro atoms. The van der Waals surface area contributed by atoms with Crippen molar-refractivity contribution < 1.29 is 9.59 Å². The highest BCUT2D eigenvalue weighted by molar-refractivity contribution is 5.92. The van der Waals surface area contributed by atoms with Gasteiger partial charge in [-0.3, -0.25) is 19.5 Å². The van der Waals surface area contributed by atoms with Gasteiger partial charge >= 0.3 is 0 Å². The molecule has 156 valence electrons. The molecule has 1 saturated carbocycles. The fourth-order valence-corrected chi connectivity index (χ4v) is 5.84. The van der Waals surface area contributed by atoms with Crippen molar-refractivity contribution in [2.45, 2.75) is 44.7 Å². The second-order valence-corrected chi connectivity index (χ2v) is 9.32. The minimum atomic E-state index is -0.735. The highest BCUT2D eigenvalue weighted by Crippen LogP contribution is 2.54. The Labute approximate surface area is 172 Å². The molecule has 2 amide bonds. The zero-order valence-corrected chi connectivity index (χ0v) is 17.4. The number of hydrogen-bond donors (Lipinski definition) is 2. The largest absolute Gasteiger partial charge is 0.370 e. The van der Waals surface area contributed by atoms with Crippen molar-refractivity contribution in [3.63, 3.8) is 0 Å². The third-order valence-electron chi connectivity index (χ3n) is 6.85. The smallest absolute Gasteiger partial charge is 0.249 e. The number of amides is 2. The molecule has 3 heterocycles. The van der Waals surface area contributed by atoms with Crippen LogP contribution in [0.4, 0.5) is 0 Å². The SMILES string of the molecule is CC(C)CN1CC2CC3C=NC2(C(=O)NCCC(N)=O)C1C3Cc1ccccc1. The Balaban J connectivity index is 1.64. The zero-order chi connectivity index (χ0) is 20.6. The summed E-state index contributed by atoms with van der Waals surface area (Å²) < 4.78 is 0. The number of nitrogens with two attached hydrogens (primary N) is 1. The van der Waals surface area contributed by atoms with Crippen LogP contribution in [0.5, 0.6) is 0 Å². The van der Waals surface area contributed by atoms with E-state index >= 15 is 0 Å². The number of carbonyl (C=O) groups excluding carboxylic acids is 2. The van der Waals surface area contributed by atoms with E-state index < -0.39 is 11.4 Å². The van der Waals surface area contributed by atoms with Crippen LogP contribution in [-0.4, -0.2) is 54.1 Å². The summed E-state index contributed by atoms with van der Waals surface area (Å²) >= 11 is 0. The van der Waals surface area contributed by atoms with Gasteiger partial charge in [0.1, 0.15) is 0 Å². The molecule has 5 unspecified atom stereocenters. The van der Waals surface area contributed by atoms with E-state index in [1.54, 1.807) is 0 Å². The molecule has 1 aromatic rings. The van der Waals surface area contributed by atoms with E-state index in [-0.39, 0.29) is 30.8 Å². The van der Waals surface area contributed by atoms with Gasteiger partial charge < -0.3 is 11.1 Å². The van der Waals surface area contributed by atoms with Gasteiger partial charge in [0.2, 0.25) is 11.8 Å². The maximum atomic E-state index is 13.4. The lowest BCUT2D eigenvalue weighted by molar-refractivity contribution is -0.131. The zero-order valence-electron chi connectivity index (χ0n) is 17.4. The predicted octanol–water partition coefficient (Wildman–Crippen LogP) is 1.64. The van der Waals surface area contributed by atoms with E-state index in [2.05, 4.69) is 48.3 Å². The highest BCUT2D eigenvalue weighted by atomic mass is 16.2. The molecule has 3 N–H and O–H groups in total. The first kappa shape index (κ1) is 20.1. The van der Waals surface area contributed by atoms with Crippen LogP contribution in [-0.2, 0) is 16.0 Å². The summed E-state index contributed by atoms with van der Waals surface area (Å²) in [4.78, 5) is 32.0. The van der Waals surface area contributed by atoms with Crippen LogP contribution in [0.15, 0.2) is 35.3 Å². The Morgan fingerprint density at radius 2 is 2.07 bits per heavy atom. The molecule has 29 heavy (non-hydrogen) atoms. The molecular weight excluding hydrogens is 364 g/mol. The van der Waals surface area contributed by atoms with Crippen LogP contribution in [0.3, 0.4) is 0 Å². The number of carbonyl (C=O) groups is 2. The Hall–Kier alpha value is -2.21. The number of benzene rings is 1. The number of primary amides is 1. The molecule has 1 aliphatic carbocycles. The summed E-state index contributed by atoms with van der Waals surface area (Å²) in [6, 6.07) is 10.7. The van der Waals surface area contributed by atoms with E-state index in [9.17, 15) is 9.59 Å². The third kappa shape index (κ3) is 3.59. The molecular formula is C23H32N4O2. The molecule has 4 aliphatic rings. The van der Waals surface area contributed by atoms with Crippen molar-refractivity contribution in [1.82, 2.24) is 10.2 Å². The minimum Gasteiger partial charge on any atom is -0.370 e. The van der Waals surface area contributed by atoms with Crippen molar-refractivity contribution >= 4 is 18.0 Å². The van der Waals surface area contributed by atoms with E-state index in [1.807, 2.05) is 12.3 Å². The first-order chi connectivity index (χ1) is 13.9. The van der Waals surface area contributed by atoms with E-state index in [4.69, 9.17) is 10.7 Å². The van der Waals surface area contributed by atoms with Crippen LogP contribution in [0.1, 0.15) is 32.3 Å². The number of likely N-dealkylation sites (tertiary alicyclic amines) is 1. The Morgan fingerprint density at radius 1 is 1.31 bits per heavy atom. The fraction of sp³-hybridized carbons (Fsp3) is 0.609. The highest BCUT2D eigenvalue weighted by Gasteiger charge is 2.67. The van der Waals surface area contributed by atoms with Gasteiger partial charge in [-0.05, 0) is 36.2 Å². The third-order valence-corrected chi connectivity index (χ3v) is 6.85. The number of hydrogen-bond acceptors (Lipinski definition) is 4. The second-order valence-electron chi connectivity index (χ2n) is 9.32. The summed E-state index contributed by atoms with van der Waals surface area (Å²) in [6.07, 6.45) is 4.18. The Morgan fingerprint density at radius 3 is 2.76 bits per heavy atom. The molecule has 3 aliphatic heterocycles. The normalized spacial score (nSPS) is 32.7. The summed E-state index contributed by atoms with van der Waals surface area (Å²) in [5, 5.41) is 2.98. The molecule has 6 heteroatoms. The lowest BCUT2D eigenvalue weighted by atomic mass is 9.59. The summed E-state index contributed by atoms with van der Waals surface area (Å²) in [6.45, 7) is 6.64. The van der Waals surface area contributed by atoms with Crippen molar-refractivity contribution in [1.29, 1.82) is 0 Å². The predicted molar refractivity (Wildman–Crippen MR) is 113 cm³/mol. The molecule has 5 rings (SSSR count). The average molecular weight is 397 g/mol. The first-order valence-corrected chi connectivity index (χ1v) is 10.8. The van der Waals surface area contributed by atoms with Crippen LogP contribution < -0.4 is 11.1 Å². The standard InChI is InChI=1S/C23H32N4O2/c1-15(2)13-27-14-18-11-17-12-26-23(18,22(29)25-9-8-20(24)28)21(27)19(17)10-16-6-4-3-5-7-16/h3-7,12,15,17-19,21H,8-11,13-14H2,1-2H3,(H2,24,28)(H,25,29). The van der Waals surface area contributed by atoms with Crippen molar-refractivity contribution in [2.24, 2.45) is 34.4 Å². The molecule has 0 aromatic heterocycles. The number of rotatable bonds is 8. The molecule has 2 fully saturated rings. The lowest BCUT2D eigenvalue weighted by Crippen LogP contribution is -2.66. The van der Waals surface area contributed by atoms with Crippen LogP contribution in [0.2, 0.25) is 0 Å². The van der Waals surface area contributed by atoms with Gasteiger partial charge in [-0.2, -0.15) is 0 Å². The summed E-state index contributed by atoms with van der Waals surface area (Å²) in [7, 11) is 0. The second kappa shape index (κ2) is 7.90. The van der Waals surface area contributed by atoms with Gasteiger partial charge in [0.25, 0.3) is 0 Å². The van der Waals surface area contributed by atoms with E-state index in [1.165, 1.54) is 5.56 Å². The number of nitrogens with zero attached hydrogens (tertiary/aromatic N) is 2. The molecule has 4 bridgehead atoms. The van der Waals surface area contributed by atoms with Crippen LogP contribution >= 0.6 is 0 Å². The first-order valence-electron chi connectivity index (χ1n) is 10.8. The van der Waals surface area contributed by atoms with Gasteiger partial charge in [-0.25, -0.2) is 0 Å². The van der Waals surface area contributed by atoms with Crippen molar-refractivity contribution in [3.8, 4) is 0 Å². The lowest BCUT2D eigenvalue weighted by Gasteiger charge is -2.51. The quantitative estimate of drug-likeness (QED) is 0.700. The topological polar surface area (TPSA) is 87.8 Å². The summed E-state index contributed by atoms with van der Waals surface area (Å²) in [5.41, 5.74) is 5.83. The molecule has 0 radical (unpaired) electrons. The van der Waals surface area contributed by atoms with Crippen LogP contribution in [0, 0.1) is 23.7 Å². The Bertz CT molecular complexity index is 793.